The largest absolute Gasteiger partial charge is 0.379 e. The van der Waals surface area contributed by atoms with Crippen molar-refractivity contribution < 1.29 is 14.3 Å². The standard InChI is InChI=1S/C16H25N3O3S/c1-12(2)13(19-5-7-22-8-6-19)10-17-15(20)11-18-16(21)14-4-3-9-23-14/h3-4,9,12-13H,5-8,10-11H2,1-2H3,(H,17,20)(H,18,21). The number of carbonyl (C=O) groups is 2. The van der Waals surface area contributed by atoms with Crippen LogP contribution >= 0.6 is 11.3 Å². The van der Waals surface area contributed by atoms with E-state index in [9.17, 15) is 9.59 Å². The number of carbonyl (C=O) groups excluding carboxylic acids is 2. The molecule has 0 aliphatic carbocycles. The molecular weight excluding hydrogens is 314 g/mol. The Labute approximate surface area is 141 Å². The Morgan fingerprint density at radius 3 is 2.65 bits per heavy atom. The fourth-order valence-electron chi connectivity index (χ4n) is 2.63. The molecule has 7 heteroatoms. The Morgan fingerprint density at radius 1 is 1.30 bits per heavy atom. The summed E-state index contributed by atoms with van der Waals surface area (Å²) in [7, 11) is 0. The zero-order chi connectivity index (χ0) is 16.7. The molecule has 2 rings (SSSR count). The molecule has 1 aromatic rings. The normalized spacial score (nSPS) is 17.0. The van der Waals surface area contributed by atoms with Crippen molar-refractivity contribution in [3.63, 3.8) is 0 Å². The summed E-state index contributed by atoms with van der Waals surface area (Å²) in [6.07, 6.45) is 0. The van der Waals surface area contributed by atoms with Gasteiger partial charge in [0.1, 0.15) is 0 Å². The number of ether oxygens (including phenoxy) is 1. The Hall–Kier alpha value is -1.44. The van der Waals surface area contributed by atoms with Crippen molar-refractivity contribution in [2.75, 3.05) is 39.4 Å². The zero-order valence-electron chi connectivity index (χ0n) is 13.7. The summed E-state index contributed by atoms with van der Waals surface area (Å²) in [6.45, 7) is 8.19. The summed E-state index contributed by atoms with van der Waals surface area (Å²) in [5.74, 6) is 0.0756. The maximum atomic E-state index is 12.0. The minimum Gasteiger partial charge on any atom is -0.379 e. The van der Waals surface area contributed by atoms with E-state index >= 15 is 0 Å². The lowest BCUT2D eigenvalue weighted by Crippen LogP contribution is -2.52. The smallest absolute Gasteiger partial charge is 0.261 e. The van der Waals surface area contributed by atoms with E-state index < -0.39 is 0 Å². The molecule has 6 nitrogen and oxygen atoms in total. The van der Waals surface area contributed by atoms with E-state index in [1.807, 2.05) is 11.4 Å². The lowest BCUT2D eigenvalue weighted by Gasteiger charge is -2.36. The second-order valence-electron chi connectivity index (χ2n) is 5.92. The van der Waals surface area contributed by atoms with E-state index in [1.54, 1.807) is 6.07 Å². The number of nitrogens with one attached hydrogen (secondary N) is 2. The monoisotopic (exact) mass is 339 g/mol. The molecule has 1 atom stereocenters. The molecule has 1 unspecified atom stereocenters. The molecule has 1 aliphatic heterocycles. The summed E-state index contributed by atoms with van der Waals surface area (Å²) in [5.41, 5.74) is 0. The van der Waals surface area contributed by atoms with Crippen LogP contribution in [-0.4, -0.2) is 62.1 Å². The van der Waals surface area contributed by atoms with Gasteiger partial charge in [-0.15, -0.1) is 11.3 Å². The molecule has 23 heavy (non-hydrogen) atoms. The number of thiophene rings is 1. The first-order chi connectivity index (χ1) is 11.1. The first kappa shape index (κ1) is 17.9. The van der Waals surface area contributed by atoms with Crippen molar-refractivity contribution in [3.05, 3.63) is 22.4 Å². The molecule has 0 radical (unpaired) electrons. The van der Waals surface area contributed by atoms with Crippen LogP contribution in [0.4, 0.5) is 0 Å². The van der Waals surface area contributed by atoms with Crippen LogP contribution in [-0.2, 0) is 9.53 Å². The van der Waals surface area contributed by atoms with Gasteiger partial charge in [0.05, 0.1) is 24.6 Å². The number of amides is 2. The van der Waals surface area contributed by atoms with E-state index in [-0.39, 0.29) is 24.4 Å². The zero-order valence-corrected chi connectivity index (χ0v) is 14.5. The topological polar surface area (TPSA) is 70.7 Å². The molecule has 1 aliphatic rings. The average molecular weight is 339 g/mol. The van der Waals surface area contributed by atoms with E-state index in [0.29, 0.717) is 17.3 Å². The molecule has 2 amide bonds. The van der Waals surface area contributed by atoms with Crippen molar-refractivity contribution in [2.45, 2.75) is 19.9 Å². The lowest BCUT2D eigenvalue weighted by molar-refractivity contribution is -0.120. The highest BCUT2D eigenvalue weighted by Crippen LogP contribution is 2.12. The van der Waals surface area contributed by atoms with Crippen molar-refractivity contribution >= 4 is 23.2 Å². The summed E-state index contributed by atoms with van der Waals surface area (Å²) in [6, 6.07) is 3.84. The van der Waals surface area contributed by atoms with Gasteiger partial charge in [-0.2, -0.15) is 0 Å². The van der Waals surface area contributed by atoms with Crippen LogP contribution in [0.15, 0.2) is 17.5 Å². The molecule has 2 N–H and O–H groups in total. The van der Waals surface area contributed by atoms with Crippen molar-refractivity contribution in [3.8, 4) is 0 Å². The third-order valence-corrected chi connectivity index (χ3v) is 4.82. The average Bonchev–Trinajstić information content (AvgIpc) is 3.08. The molecule has 1 aromatic heterocycles. The minimum atomic E-state index is -0.205. The third kappa shape index (κ3) is 5.60. The van der Waals surface area contributed by atoms with Crippen LogP contribution in [0.1, 0.15) is 23.5 Å². The highest BCUT2D eigenvalue weighted by atomic mass is 32.1. The lowest BCUT2D eigenvalue weighted by atomic mass is 10.0. The van der Waals surface area contributed by atoms with Gasteiger partial charge in [0.15, 0.2) is 0 Å². The van der Waals surface area contributed by atoms with Gasteiger partial charge in [0, 0.05) is 25.7 Å². The summed E-state index contributed by atoms with van der Waals surface area (Å²) in [4.78, 5) is 26.7. The Bertz CT molecular complexity index is 499. The first-order valence-corrected chi connectivity index (χ1v) is 8.86. The second-order valence-corrected chi connectivity index (χ2v) is 6.87. The number of hydrogen-bond donors (Lipinski definition) is 2. The molecule has 2 heterocycles. The third-order valence-electron chi connectivity index (χ3n) is 3.95. The van der Waals surface area contributed by atoms with Gasteiger partial charge >= 0.3 is 0 Å². The molecule has 0 aromatic carbocycles. The molecule has 1 fully saturated rings. The Kier molecular flexibility index (Phi) is 7.01. The van der Waals surface area contributed by atoms with E-state index in [0.717, 1.165) is 26.3 Å². The van der Waals surface area contributed by atoms with Crippen LogP contribution < -0.4 is 10.6 Å². The molecule has 0 bridgehead atoms. The van der Waals surface area contributed by atoms with Crippen LogP contribution in [0, 0.1) is 5.92 Å². The number of rotatable bonds is 7. The van der Waals surface area contributed by atoms with Crippen LogP contribution in [0.25, 0.3) is 0 Å². The maximum Gasteiger partial charge on any atom is 0.261 e. The van der Waals surface area contributed by atoms with E-state index in [4.69, 9.17) is 4.74 Å². The predicted octanol–water partition coefficient (Wildman–Crippen LogP) is 0.951. The highest BCUT2D eigenvalue weighted by molar-refractivity contribution is 7.12. The van der Waals surface area contributed by atoms with Crippen LogP contribution in [0.5, 0.6) is 0 Å². The van der Waals surface area contributed by atoms with Crippen LogP contribution in [0.2, 0.25) is 0 Å². The van der Waals surface area contributed by atoms with Crippen LogP contribution in [0.3, 0.4) is 0 Å². The molecule has 128 valence electrons. The molecule has 0 saturated carbocycles. The van der Waals surface area contributed by atoms with Gasteiger partial charge < -0.3 is 15.4 Å². The molecule has 0 spiro atoms. The van der Waals surface area contributed by atoms with Crippen molar-refractivity contribution in [2.24, 2.45) is 5.92 Å². The number of morpholine rings is 1. The van der Waals surface area contributed by atoms with Gasteiger partial charge in [0.2, 0.25) is 5.91 Å². The maximum absolute atomic E-state index is 12.0. The van der Waals surface area contributed by atoms with Gasteiger partial charge in [-0.25, -0.2) is 0 Å². The number of nitrogens with zero attached hydrogens (tertiary/aromatic N) is 1. The van der Waals surface area contributed by atoms with E-state index in [1.165, 1.54) is 11.3 Å². The van der Waals surface area contributed by atoms with E-state index in [2.05, 4.69) is 29.4 Å². The highest BCUT2D eigenvalue weighted by Gasteiger charge is 2.24. The van der Waals surface area contributed by atoms with Gasteiger partial charge in [0.25, 0.3) is 5.91 Å². The molecular formula is C16H25N3O3S. The SMILES string of the molecule is CC(C)C(CNC(=O)CNC(=O)c1cccs1)N1CCOCC1. The Balaban J connectivity index is 1.74. The van der Waals surface area contributed by atoms with Crippen molar-refractivity contribution in [1.29, 1.82) is 0 Å². The van der Waals surface area contributed by atoms with Gasteiger partial charge in [-0.1, -0.05) is 19.9 Å². The summed E-state index contributed by atoms with van der Waals surface area (Å²) >= 11 is 1.36. The second kappa shape index (κ2) is 9.00. The quantitative estimate of drug-likeness (QED) is 0.776. The minimum absolute atomic E-state index is 0.00462. The first-order valence-electron chi connectivity index (χ1n) is 7.98. The fourth-order valence-corrected chi connectivity index (χ4v) is 3.27. The molecule has 1 saturated heterocycles. The van der Waals surface area contributed by atoms with Gasteiger partial charge in [-0.3, -0.25) is 14.5 Å². The summed E-state index contributed by atoms with van der Waals surface area (Å²) in [5, 5.41) is 7.41. The van der Waals surface area contributed by atoms with Gasteiger partial charge in [-0.05, 0) is 17.4 Å². The fraction of sp³-hybridized carbons (Fsp3) is 0.625. The summed E-state index contributed by atoms with van der Waals surface area (Å²) < 4.78 is 5.38. The Morgan fingerprint density at radius 2 is 2.04 bits per heavy atom. The van der Waals surface area contributed by atoms with Crippen molar-refractivity contribution in [1.82, 2.24) is 15.5 Å². The predicted molar refractivity (Wildman–Crippen MR) is 90.7 cm³/mol. The number of hydrogen-bond acceptors (Lipinski definition) is 5.